The van der Waals surface area contributed by atoms with Gasteiger partial charge in [-0.2, -0.15) is 0 Å². The summed E-state index contributed by atoms with van der Waals surface area (Å²) in [6, 6.07) is 8.24. The molecule has 1 aromatic heterocycles. The molecule has 0 aliphatic carbocycles. The number of carbonyl (C=O) groups excluding carboxylic acids is 1. The van der Waals surface area contributed by atoms with Gasteiger partial charge in [-0.3, -0.25) is 4.79 Å². The predicted molar refractivity (Wildman–Crippen MR) is 97.1 cm³/mol. The fourth-order valence-electron chi connectivity index (χ4n) is 2.03. The van der Waals surface area contributed by atoms with Gasteiger partial charge in [0.1, 0.15) is 15.7 Å². The summed E-state index contributed by atoms with van der Waals surface area (Å²) in [4.78, 5) is 13.1. The zero-order valence-corrected chi connectivity index (χ0v) is 15.8. The number of carbonyl (C=O) groups is 1. The van der Waals surface area contributed by atoms with Crippen molar-refractivity contribution in [3.05, 3.63) is 35.2 Å². The van der Waals surface area contributed by atoms with Gasteiger partial charge in [0.15, 0.2) is 0 Å². The van der Waals surface area contributed by atoms with Gasteiger partial charge >= 0.3 is 0 Å². The lowest BCUT2D eigenvalue weighted by atomic mass is 10.2. The van der Waals surface area contributed by atoms with Crippen molar-refractivity contribution in [3.63, 3.8) is 0 Å². The predicted octanol–water partition coefficient (Wildman–Crippen LogP) is 2.24. The van der Waals surface area contributed by atoms with Crippen LogP contribution < -0.4 is 19.5 Å². The minimum absolute atomic E-state index is 0.191. The number of hydrogen-bond donors (Lipinski definition) is 2. The smallest absolute Gasteiger partial charge is 0.250 e. The highest BCUT2D eigenvalue weighted by Gasteiger charge is 2.18. The molecular weight excluding hydrogens is 364 g/mol. The Morgan fingerprint density at radius 1 is 1.16 bits per heavy atom. The van der Waals surface area contributed by atoms with Gasteiger partial charge in [0.25, 0.3) is 10.0 Å². The Balaban J connectivity index is 2.03. The Kier molecular flexibility index (Phi) is 6.40. The van der Waals surface area contributed by atoms with E-state index in [2.05, 4.69) is 10.0 Å². The molecule has 1 amide bonds. The number of sulfonamides is 1. The first kappa shape index (κ1) is 19.2. The van der Waals surface area contributed by atoms with Crippen LogP contribution in [0.1, 0.15) is 11.8 Å². The first-order valence-electron chi connectivity index (χ1n) is 7.50. The molecule has 25 heavy (non-hydrogen) atoms. The van der Waals surface area contributed by atoms with Gasteiger partial charge in [0, 0.05) is 10.9 Å². The molecule has 9 heteroatoms. The van der Waals surface area contributed by atoms with E-state index in [0.29, 0.717) is 17.2 Å². The third kappa shape index (κ3) is 4.94. The number of ether oxygens (including phenoxy) is 2. The summed E-state index contributed by atoms with van der Waals surface area (Å²) < 4.78 is 37.2. The Morgan fingerprint density at radius 3 is 2.52 bits per heavy atom. The number of aryl methyl sites for hydroxylation is 1. The van der Waals surface area contributed by atoms with E-state index in [1.54, 1.807) is 24.3 Å². The monoisotopic (exact) mass is 384 g/mol. The third-order valence-corrected chi connectivity index (χ3v) is 6.48. The van der Waals surface area contributed by atoms with Crippen molar-refractivity contribution in [1.82, 2.24) is 4.72 Å². The molecule has 136 valence electrons. The van der Waals surface area contributed by atoms with Crippen LogP contribution in [0.3, 0.4) is 0 Å². The highest BCUT2D eigenvalue weighted by Crippen LogP contribution is 2.28. The summed E-state index contributed by atoms with van der Waals surface area (Å²) in [6.07, 6.45) is 0.760. The van der Waals surface area contributed by atoms with Crippen LogP contribution in [-0.2, 0) is 21.2 Å². The van der Waals surface area contributed by atoms with Crippen molar-refractivity contribution in [2.45, 2.75) is 17.6 Å². The largest absolute Gasteiger partial charge is 0.497 e. The summed E-state index contributed by atoms with van der Waals surface area (Å²) in [5.74, 6) is 0.479. The molecule has 0 saturated heterocycles. The normalized spacial score (nSPS) is 11.2. The molecule has 0 bridgehead atoms. The van der Waals surface area contributed by atoms with Crippen molar-refractivity contribution in [3.8, 4) is 11.5 Å². The van der Waals surface area contributed by atoms with Crippen molar-refractivity contribution in [2.24, 2.45) is 0 Å². The first-order valence-corrected chi connectivity index (χ1v) is 9.79. The number of thiophene rings is 1. The summed E-state index contributed by atoms with van der Waals surface area (Å²) >= 11 is 1.19. The van der Waals surface area contributed by atoms with E-state index in [1.165, 1.54) is 31.6 Å². The summed E-state index contributed by atoms with van der Waals surface area (Å²) in [7, 11) is -0.732. The maximum Gasteiger partial charge on any atom is 0.250 e. The summed E-state index contributed by atoms with van der Waals surface area (Å²) in [5, 5.41) is 2.61. The Bertz CT molecular complexity index is 846. The van der Waals surface area contributed by atoms with Gasteiger partial charge in [0.05, 0.1) is 26.5 Å². The lowest BCUT2D eigenvalue weighted by Crippen LogP contribution is -2.32. The Labute approximate surface area is 151 Å². The van der Waals surface area contributed by atoms with E-state index in [9.17, 15) is 13.2 Å². The molecule has 0 aliphatic heterocycles. The second-order valence-electron chi connectivity index (χ2n) is 5.01. The minimum Gasteiger partial charge on any atom is -0.497 e. The van der Waals surface area contributed by atoms with E-state index >= 15 is 0 Å². The molecule has 0 unspecified atom stereocenters. The summed E-state index contributed by atoms with van der Waals surface area (Å²) in [6.45, 7) is 1.56. The highest BCUT2D eigenvalue weighted by molar-refractivity contribution is 7.91. The van der Waals surface area contributed by atoms with Crippen molar-refractivity contribution < 1.29 is 22.7 Å². The average molecular weight is 384 g/mol. The van der Waals surface area contributed by atoms with Crippen LogP contribution in [0.5, 0.6) is 11.5 Å². The van der Waals surface area contributed by atoms with E-state index in [-0.39, 0.29) is 10.8 Å². The van der Waals surface area contributed by atoms with E-state index in [4.69, 9.17) is 9.47 Å². The molecule has 2 aromatic rings. The number of rotatable bonds is 8. The summed E-state index contributed by atoms with van der Waals surface area (Å²) in [5.41, 5.74) is 0.399. The van der Waals surface area contributed by atoms with Crippen LogP contribution in [0.15, 0.2) is 34.5 Å². The number of methoxy groups -OCH3 is 2. The quantitative estimate of drug-likeness (QED) is 0.728. The zero-order chi connectivity index (χ0) is 18.4. The molecule has 0 spiro atoms. The van der Waals surface area contributed by atoms with Crippen LogP contribution in [0.25, 0.3) is 0 Å². The number of amides is 1. The maximum absolute atomic E-state index is 12.2. The molecule has 7 nitrogen and oxygen atoms in total. The van der Waals surface area contributed by atoms with Crippen LogP contribution in [0.2, 0.25) is 0 Å². The zero-order valence-electron chi connectivity index (χ0n) is 14.2. The molecule has 0 radical (unpaired) electrons. The molecule has 0 fully saturated rings. The molecule has 1 aromatic carbocycles. The highest BCUT2D eigenvalue weighted by atomic mass is 32.2. The standard InChI is InChI=1S/C16H20N2O5S2/c1-4-12-6-8-16(24-12)25(20,21)17-10-15(19)18-13-9-11(22-2)5-7-14(13)23-3/h5-9,17H,4,10H2,1-3H3,(H,18,19). The maximum atomic E-state index is 12.2. The minimum atomic E-state index is -3.71. The molecule has 0 atom stereocenters. The second-order valence-corrected chi connectivity index (χ2v) is 8.18. The van der Waals surface area contributed by atoms with E-state index in [0.717, 1.165) is 11.3 Å². The van der Waals surface area contributed by atoms with Crippen LogP contribution in [-0.4, -0.2) is 35.1 Å². The Hall–Kier alpha value is -2.10. The molecular formula is C16H20N2O5S2. The third-order valence-electron chi connectivity index (χ3n) is 3.35. The van der Waals surface area contributed by atoms with E-state index in [1.807, 2.05) is 6.92 Å². The molecule has 2 N–H and O–H groups in total. The van der Waals surface area contributed by atoms with Crippen LogP contribution in [0.4, 0.5) is 5.69 Å². The fourth-order valence-corrected chi connectivity index (χ4v) is 4.35. The van der Waals surface area contributed by atoms with Gasteiger partial charge in [-0.05, 0) is 30.7 Å². The van der Waals surface area contributed by atoms with Gasteiger partial charge < -0.3 is 14.8 Å². The number of nitrogens with one attached hydrogen (secondary N) is 2. The number of hydrogen-bond acceptors (Lipinski definition) is 6. The topological polar surface area (TPSA) is 93.7 Å². The number of benzene rings is 1. The van der Waals surface area contributed by atoms with Gasteiger partial charge in [-0.15, -0.1) is 11.3 Å². The lowest BCUT2D eigenvalue weighted by Gasteiger charge is -2.12. The average Bonchev–Trinajstić information content (AvgIpc) is 3.10. The lowest BCUT2D eigenvalue weighted by molar-refractivity contribution is -0.115. The van der Waals surface area contributed by atoms with Crippen molar-refractivity contribution >= 4 is 33.0 Å². The van der Waals surface area contributed by atoms with Crippen molar-refractivity contribution in [1.29, 1.82) is 0 Å². The Morgan fingerprint density at radius 2 is 1.92 bits per heavy atom. The van der Waals surface area contributed by atoms with E-state index < -0.39 is 15.9 Å². The van der Waals surface area contributed by atoms with Gasteiger partial charge in [-0.1, -0.05) is 6.92 Å². The van der Waals surface area contributed by atoms with Gasteiger partial charge in [-0.25, -0.2) is 13.1 Å². The SMILES string of the molecule is CCc1ccc(S(=O)(=O)NCC(=O)Nc2cc(OC)ccc2OC)s1. The van der Waals surface area contributed by atoms with Crippen molar-refractivity contribution in [2.75, 3.05) is 26.1 Å². The van der Waals surface area contributed by atoms with Gasteiger partial charge in [0.2, 0.25) is 5.91 Å². The number of anilines is 1. The molecule has 1 heterocycles. The second kappa shape index (κ2) is 8.32. The van der Waals surface area contributed by atoms with Crippen LogP contribution >= 0.6 is 11.3 Å². The fraction of sp³-hybridized carbons (Fsp3) is 0.312. The molecule has 0 aliphatic rings. The van der Waals surface area contributed by atoms with Crippen LogP contribution in [0, 0.1) is 0 Å². The molecule has 0 saturated carbocycles. The molecule has 2 rings (SSSR count). The first-order chi connectivity index (χ1) is 11.9.